The third kappa shape index (κ3) is 7.98. The highest BCUT2D eigenvalue weighted by atomic mass is 16.4. The molecule has 0 aliphatic rings. The minimum Gasteiger partial charge on any atom is -0.481 e. The Bertz CT molecular complexity index is 631. The zero-order chi connectivity index (χ0) is 18.5. The van der Waals surface area contributed by atoms with Gasteiger partial charge in [-0.1, -0.05) is 85.0 Å². The van der Waals surface area contributed by atoms with Gasteiger partial charge in [0.15, 0.2) is 0 Å². The van der Waals surface area contributed by atoms with Gasteiger partial charge in [0, 0.05) is 0 Å². The van der Waals surface area contributed by atoms with Crippen molar-refractivity contribution in [2.45, 2.75) is 38.5 Å². The van der Waals surface area contributed by atoms with Crippen molar-refractivity contribution < 1.29 is 9.90 Å². The molecule has 0 radical (unpaired) electrons. The molecule has 0 heterocycles. The number of benzene rings is 2. The van der Waals surface area contributed by atoms with E-state index in [9.17, 15) is 9.90 Å². The highest BCUT2D eigenvalue weighted by Crippen LogP contribution is 2.17. The summed E-state index contributed by atoms with van der Waals surface area (Å²) in [5, 5.41) is 9.41. The van der Waals surface area contributed by atoms with E-state index >= 15 is 0 Å². The number of unbranched alkanes of at least 4 members (excludes halogenated alkanes) is 2. The minimum atomic E-state index is -0.663. The molecule has 1 N–H and O–H groups in total. The van der Waals surface area contributed by atoms with E-state index in [-0.39, 0.29) is 5.92 Å². The first-order chi connectivity index (χ1) is 12.8. The van der Waals surface area contributed by atoms with Crippen LogP contribution in [0.3, 0.4) is 0 Å². The Morgan fingerprint density at radius 1 is 0.769 bits per heavy atom. The molecule has 0 aliphatic heterocycles. The predicted octanol–water partition coefficient (Wildman–Crippen LogP) is 6.45. The van der Waals surface area contributed by atoms with Crippen LogP contribution in [0.15, 0.2) is 72.8 Å². The summed E-state index contributed by atoms with van der Waals surface area (Å²) in [7, 11) is 0. The molecule has 2 heteroatoms. The molecule has 0 aliphatic carbocycles. The normalized spacial score (nSPS) is 12.6. The molecule has 2 rings (SSSR count). The summed E-state index contributed by atoms with van der Waals surface area (Å²) in [6, 6.07) is 20.4. The fourth-order valence-corrected chi connectivity index (χ4v) is 2.92. The SMILES string of the molecule is O=C(O)C(CCCC=Cc1ccccc1)CCCC=Cc1ccccc1. The molecule has 2 aromatic carbocycles. The van der Waals surface area contributed by atoms with Gasteiger partial charge in [-0.15, -0.1) is 0 Å². The van der Waals surface area contributed by atoms with Gasteiger partial charge in [-0.2, -0.15) is 0 Å². The lowest BCUT2D eigenvalue weighted by atomic mass is 9.95. The highest BCUT2D eigenvalue weighted by molar-refractivity contribution is 5.69. The second-order valence-corrected chi connectivity index (χ2v) is 6.52. The fourth-order valence-electron chi connectivity index (χ4n) is 2.92. The van der Waals surface area contributed by atoms with E-state index in [4.69, 9.17) is 0 Å². The van der Waals surface area contributed by atoms with E-state index in [1.807, 2.05) is 36.4 Å². The smallest absolute Gasteiger partial charge is 0.306 e. The van der Waals surface area contributed by atoms with E-state index in [0.29, 0.717) is 0 Å². The first kappa shape index (κ1) is 19.7. The molecule has 0 spiro atoms. The van der Waals surface area contributed by atoms with Crippen LogP contribution in [0.1, 0.15) is 49.7 Å². The van der Waals surface area contributed by atoms with Crippen molar-refractivity contribution in [2.24, 2.45) is 5.92 Å². The lowest BCUT2D eigenvalue weighted by Gasteiger charge is -2.10. The zero-order valence-electron chi connectivity index (χ0n) is 15.3. The van der Waals surface area contributed by atoms with E-state index in [1.165, 1.54) is 11.1 Å². The number of carboxylic acid groups (broad SMARTS) is 1. The van der Waals surface area contributed by atoms with Gasteiger partial charge in [-0.25, -0.2) is 0 Å². The maximum atomic E-state index is 11.4. The summed E-state index contributed by atoms with van der Waals surface area (Å²) >= 11 is 0. The Morgan fingerprint density at radius 3 is 1.58 bits per heavy atom. The van der Waals surface area contributed by atoms with Gasteiger partial charge in [0.25, 0.3) is 0 Å². The summed E-state index contributed by atoms with van der Waals surface area (Å²) in [6.45, 7) is 0. The van der Waals surface area contributed by atoms with Gasteiger partial charge in [-0.05, 0) is 49.7 Å². The lowest BCUT2D eigenvalue weighted by Crippen LogP contribution is -2.13. The van der Waals surface area contributed by atoms with Crippen LogP contribution in [0.4, 0.5) is 0 Å². The van der Waals surface area contributed by atoms with Crippen molar-refractivity contribution in [3.05, 3.63) is 83.9 Å². The molecule has 0 saturated carbocycles. The Labute approximate surface area is 156 Å². The molecule has 136 valence electrons. The van der Waals surface area contributed by atoms with Crippen LogP contribution in [-0.2, 0) is 4.79 Å². The molecule has 0 fully saturated rings. The number of aliphatic carboxylic acids is 1. The number of carbonyl (C=O) groups is 1. The van der Waals surface area contributed by atoms with Crippen LogP contribution in [-0.4, -0.2) is 11.1 Å². The van der Waals surface area contributed by atoms with Gasteiger partial charge in [0.05, 0.1) is 5.92 Å². The molecule has 2 nitrogen and oxygen atoms in total. The molecule has 26 heavy (non-hydrogen) atoms. The second kappa shape index (κ2) is 11.9. The Hall–Kier alpha value is -2.61. The van der Waals surface area contributed by atoms with E-state index in [0.717, 1.165) is 38.5 Å². The van der Waals surface area contributed by atoms with Crippen molar-refractivity contribution in [1.29, 1.82) is 0 Å². The van der Waals surface area contributed by atoms with Crippen molar-refractivity contribution in [3.63, 3.8) is 0 Å². The van der Waals surface area contributed by atoms with E-state index < -0.39 is 5.97 Å². The zero-order valence-corrected chi connectivity index (χ0v) is 15.3. The summed E-state index contributed by atoms with van der Waals surface area (Å²) in [5.41, 5.74) is 2.37. The maximum Gasteiger partial charge on any atom is 0.306 e. The van der Waals surface area contributed by atoms with Crippen LogP contribution >= 0.6 is 0 Å². The summed E-state index contributed by atoms with van der Waals surface area (Å²) in [4.78, 5) is 11.4. The number of hydrogen-bond donors (Lipinski definition) is 1. The largest absolute Gasteiger partial charge is 0.481 e. The van der Waals surface area contributed by atoms with Crippen molar-refractivity contribution >= 4 is 18.1 Å². The molecule has 0 saturated heterocycles. The average Bonchev–Trinajstić information content (AvgIpc) is 2.67. The van der Waals surface area contributed by atoms with E-state index in [1.54, 1.807) is 0 Å². The predicted molar refractivity (Wildman–Crippen MR) is 110 cm³/mol. The number of allylic oxidation sites excluding steroid dienone is 2. The second-order valence-electron chi connectivity index (χ2n) is 6.52. The molecule has 0 bridgehead atoms. The quantitative estimate of drug-likeness (QED) is 0.473. The summed E-state index contributed by atoms with van der Waals surface area (Å²) in [6.07, 6.45) is 13.6. The molecule has 0 aromatic heterocycles. The number of hydrogen-bond acceptors (Lipinski definition) is 1. The molecular formula is C24H28O2. The molecule has 0 unspecified atom stereocenters. The summed E-state index contributed by atoms with van der Waals surface area (Å²) < 4.78 is 0. The highest BCUT2D eigenvalue weighted by Gasteiger charge is 2.15. The first-order valence-electron chi connectivity index (χ1n) is 9.41. The van der Waals surface area contributed by atoms with Gasteiger partial charge >= 0.3 is 5.97 Å². The van der Waals surface area contributed by atoms with Crippen LogP contribution < -0.4 is 0 Å². The van der Waals surface area contributed by atoms with Crippen LogP contribution in [0.25, 0.3) is 12.2 Å². The minimum absolute atomic E-state index is 0.231. The van der Waals surface area contributed by atoms with Crippen LogP contribution in [0, 0.1) is 5.92 Å². The fraction of sp³-hybridized carbons (Fsp3) is 0.292. The first-order valence-corrected chi connectivity index (χ1v) is 9.41. The third-order valence-corrected chi connectivity index (χ3v) is 4.42. The molecular weight excluding hydrogens is 320 g/mol. The Morgan fingerprint density at radius 2 is 1.19 bits per heavy atom. The third-order valence-electron chi connectivity index (χ3n) is 4.42. The molecule has 2 aromatic rings. The van der Waals surface area contributed by atoms with Crippen molar-refractivity contribution in [3.8, 4) is 0 Å². The van der Waals surface area contributed by atoms with Crippen LogP contribution in [0.5, 0.6) is 0 Å². The summed E-state index contributed by atoms with van der Waals surface area (Å²) in [5.74, 6) is -0.894. The van der Waals surface area contributed by atoms with Crippen molar-refractivity contribution in [1.82, 2.24) is 0 Å². The van der Waals surface area contributed by atoms with Gasteiger partial charge in [0.1, 0.15) is 0 Å². The van der Waals surface area contributed by atoms with Gasteiger partial charge < -0.3 is 5.11 Å². The Kier molecular flexibility index (Phi) is 8.99. The van der Waals surface area contributed by atoms with Gasteiger partial charge in [0.2, 0.25) is 0 Å². The molecule has 0 atom stereocenters. The average molecular weight is 348 g/mol. The standard InChI is InChI=1S/C24H28O2/c25-24(26)23(19-11-3-9-17-21-13-5-1-6-14-21)20-12-4-10-18-22-15-7-2-8-16-22/h1-2,5-10,13-18,23H,3-4,11-12,19-20H2,(H,25,26). The number of carboxylic acids is 1. The van der Waals surface area contributed by atoms with Crippen LogP contribution in [0.2, 0.25) is 0 Å². The Balaban J connectivity index is 1.64. The monoisotopic (exact) mass is 348 g/mol. The topological polar surface area (TPSA) is 37.3 Å². The molecule has 0 amide bonds. The van der Waals surface area contributed by atoms with Crippen molar-refractivity contribution in [2.75, 3.05) is 0 Å². The van der Waals surface area contributed by atoms with E-state index in [2.05, 4.69) is 48.6 Å². The maximum absolute atomic E-state index is 11.4. The number of rotatable bonds is 11. The lowest BCUT2D eigenvalue weighted by molar-refractivity contribution is -0.142. The van der Waals surface area contributed by atoms with Gasteiger partial charge in [-0.3, -0.25) is 4.79 Å².